The molecular weight excluding hydrogens is 390 g/mol. The molecule has 0 saturated heterocycles. The minimum Gasteiger partial charge on any atom is -0.482 e. The quantitative estimate of drug-likeness (QED) is 0.759. The molecule has 0 saturated carbocycles. The number of carboxylic acid groups (broad SMARTS) is 1. The molecule has 3 N–H and O–H groups in total. The zero-order valence-electron chi connectivity index (χ0n) is 14.5. The van der Waals surface area contributed by atoms with E-state index in [0.717, 1.165) is 17.5 Å². The van der Waals surface area contributed by atoms with Gasteiger partial charge in [-0.15, -0.1) is 0 Å². The Morgan fingerprint density at radius 1 is 1.26 bits per heavy atom. The largest absolute Gasteiger partial charge is 0.482 e. The van der Waals surface area contributed by atoms with Crippen LogP contribution in [0, 0.1) is 0 Å². The Morgan fingerprint density at radius 2 is 1.96 bits per heavy atom. The highest BCUT2D eigenvalue weighted by Crippen LogP contribution is 2.40. The SMILES string of the molecule is NC(C1CCCc2c(OCC(=O)O)cccc21)S(=O)(=O)c1ccc(Cl)cc1. The molecule has 2 aromatic rings. The molecule has 0 bridgehead atoms. The van der Waals surface area contributed by atoms with Gasteiger partial charge in [0.1, 0.15) is 11.1 Å². The molecule has 0 spiro atoms. The zero-order valence-corrected chi connectivity index (χ0v) is 16.0. The van der Waals surface area contributed by atoms with Gasteiger partial charge < -0.3 is 15.6 Å². The molecule has 27 heavy (non-hydrogen) atoms. The maximum Gasteiger partial charge on any atom is 0.341 e. The van der Waals surface area contributed by atoms with Crippen molar-refractivity contribution < 1.29 is 23.1 Å². The molecule has 3 rings (SSSR count). The van der Waals surface area contributed by atoms with Gasteiger partial charge in [-0.3, -0.25) is 0 Å². The van der Waals surface area contributed by atoms with E-state index in [1.807, 2.05) is 6.07 Å². The maximum atomic E-state index is 13.0. The average molecular weight is 410 g/mol. The normalized spacial score (nSPS) is 17.8. The van der Waals surface area contributed by atoms with E-state index in [1.54, 1.807) is 12.1 Å². The molecule has 144 valence electrons. The van der Waals surface area contributed by atoms with E-state index in [4.69, 9.17) is 27.2 Å². The van der Waals surface area contributed by atoms with Crippen molar-refractivity contribution in [3.8, 4) is 5.75 Å². The molecule has 2 atom stereocenters. The Bertz CT molecular complexity index is 943. The highest BCUT2D eigenvalue weighted by Gasteiger charge is 2.36. The number of aliphatic carboxylic acids is 1. The molecule has 0 fully saturated rings. The van der Waals surface area contributed by atoms with Gasteiger partial charge in [0.15, 0.2) is 16.4 Å². The Balaban J connectivity index is 1.94. The summed E-state index contributed by atoms with van der Waals surface area (Å²) in [6.07, 6.45) is 2.06. The van der Waals surface area contributed by atoms with Gasteiger partial charge in [0, 0.05) is 10.9 Å². The second-order valence-electron chi connectivity index (χ2n) is 6.47. The summed E-state index contributed by atoms with van der Waals surface area (Å²) in [5.41, 5.74) is 7.86. The Labute approximate surface area is 162 Å². The van der Waals surface area contributed by atoms with Crippen LogP contribution in [0.2, 0.25) is 5.02 Å². The van der Waals surface area contributed by atoms with Crippen LogP contribution >= 0.6 is 11.6 Å². The molecule has 1 aliphatic carbocycles. The van der Waals surface area contributed by atoms with Crippen molar-refractivity contribution in [1.29, 1.82) is 0 Å². The van der Waals surface area contributed by atoms with Crippen molar-refractivity contribution in [2.24, 2.45) is 5.73 Å². The zero-order chi connectivity index (χ0) is 19.6. The standard InChI is InChI=1S/C19H20ClNO5S/c20-12-7-9-13(10-8-12)27(24,25)19(21)16-5-1-4-15-14(16)3-2-6-17(15)26-11-18(22)23/h2-3,6-10,16,19H,1,4-5,11,21H2,(H,22,23). The highest BCUT2D eigenvalue weighted by molar-refractivity contribution is 7.92. The number of fused-ring (bicyclic) bond motifs is 1. The summed E-state index contributed by atoms with van der Waals surface area (Å²) >= 11 is 5.84. The van der Waals surface area contributed by atoms with Crippen LogP contribution in [0.25, 0.3) is 0 Å². The number of hydrogen-bond donors (Lipinski definition) is 2. The fourth-order valence-corrected chi connectivity index (χ4v) is 5.14. The van der Waals surface area contributed by atoms with Crippen molar-refractivity contribution in [3.63, 3.8) is 0 Å². The predicted octanol–water partition coefficient (Wildman–Crippen LogP) is 2.98. The van der Waals surface area contributed by atoms with Gasteiger partial charge in [0.25, 0.3) is 0 Å². The van der Waals surface area contributed by atoms with E-state index in [0.29, 0.717) is 23.6 Å². The Kier molecular flexibility index (Phi) is 5.74. The van der Waals surface area contributed by atoms with Crippen molar-refractivity contribution in [2.75, 3.05) is 6.61 Å². The van der Waals surface area contributed by atoms with Crippen molar-refractivity contribution >= 4 is 27.4 Å². The molecule has 0 heterocycles. The smallest absolute Gasteiger partial charge is 0.341 e. The first kappa shape index (κ1) is 19.7. The van der Waals surface area contributed by atoms with Crippen LogP contribution in [0.3, 0.4) is 0 Å². The van der Waals surface area contributed by atoms with Gasteiger partial charge in [-0.25, -0.2) is 13.2 Å². The van der Waals surface area contributed by atoms with Gasteiger partial charge >= 0.3 is 5.97 Å². The van der Waals surface area contributed by atoms with Gasteiger partial charge in [-0.05, 0) is 60.7 Å². The topological polar surface area (TPSA) is 107 Å². The lowest BCUT2D eigenvalue weighted by Crippen LogP contribution is -2.38. The van der Waals surface area contributed by atoms with E-state index in [-0.39, 0.29) is 4.90 Å². The molecule has 0 amide bonds. The van der Waals surface area contributed by atoms with Gasteiger partial charge in [-0.2, -0.15) is 0 Å². The molecule has 0 radical (unpaired) electrons. The van der Waals surface area contributed by atoms with E-state index in [9.17, 15) is 13.2 Å². The van der Waals surface area contributed by atoms with Crippen LogP contribution in [-0.4, -0.2) is 31.5 Å². The van der Waals surface area contributed by atoms with Crippen LogP contribution in [0.15, 0.2) is 47.4 Å². The molecule has 1 aliphatic rings. The van der Waals surface area contributed by atoms with E-state index in [2.05, 4.69) is 0 Å². The van der Waals surface area contributed by atoms with Gasteiger partial charge in [0.2, 0.25) is 0 Å². The minimum atomic E-state index is -3.75. The van der Waals surface area contributed by atoms with E-state index >= 15 is 0 Å². The molecule has 8 heteroatoms. The highest BCUT2D eigenvalue weighted by atomic mass is 35.5. The average Bonchev–Trinajstić information content (AvgIpc) is 2.65. The van der Waals surface area contributed by atoms with Crippen LogP contribution in [0.1, 0.15) is 29.9 Å². The summed E-state index contributed by atoms with van der Waals surface area (Å²) in [5, 5.41) is 8.17. The third kappa shape index (κ3) is 4.10. The summed E-state index contributed by atoms with van der Waals surface area (Å²) in [5.74, 6) is -1.000. The van der Waals surface area contributed by atoms with Crippen molar-refractivity contribution in [1.82, 2.24) is 0 Å². The number of sulfone groups is 1. The van der Waals surface area contributed by atoms with Crippen LogP contribution in [-0.2, 0) is 21.1 Å². The number of benzene rings is 2. The number of carboxylic acids is 1. The molecule has 2 unspecified atom stereocenters. The third-order valence-corrected chi connectivity index (χ3v) is 6.99. The first-order valence-electron chi connectivity index (χ1n) is 8.52. The molecule has 6 nitrogen and oxygen atoms in total. The lowest BCUT2D eigenvalue weighted by Gasteiger charge is -2.31. The summed E-state index contributed by atoms with van der Waals surface area (Å²) in [4.78, 5) is 10.9. The maximum absolute atomic E-state index is 13.0. The summed E-state index contributed by atoms with van der Waals surface area (Å²) < 4.78 is 31.3. The summed E-state index contributed by atoms with van der Waals surface area (Å²) in [6.45, 7) is -0.448. The molecule has 0 aromatic heterocycles. The fraction of sp³-hybridized carbons (Fsp3) is 0.316. The number of hydrogen-bond acceptors (Lipinski definition) is 5. The lowest BCUT2D eigenvalue weighted by molar-refractivity contribution is -0.139. The van der Waals surface area contributed by atoms with E-state index < -0.39 is 33.7 Å². The summed E-state index contributed by atoms with van der Waals surface area (Å²) in [6, 6.07) is 11.2. The first-order chi connectivity index (χ1) is 12.8. The number of ether oxygens (including phenoxy) is 1. The van der Waals surface area contributed by atoms with Crippen molar-refractivity contribution in [2.45, 2.75) is 35.4 Å². The Hall–Kier alpha value is -2.09. The monoisotopic (exact) mass is 409 g/mol. The first-order valence-corrected chi connectivity index (χ1v) is 10.4. The second kappa shape index (κ2) is 7.88. The minimum absolute atomic E-state index is 0.129. The second-order valence-corrected chi connectivity index (χ2v) is 9.01. The Morgan fingerprint density at radius 3 is 2.63 bits per heavy atom. The lowest BCUT2D eigenvalue weighted by atomic mass is 9.82. The summed E-state index contributed by atoms with van der Waals surface area (Å²) in [7, 11) is -3.75. The van der Waals surface area contributed by atoms with Gasteiger partial charge in [-0.1, -0.05) is 23.7 Å². The number of rotatable bonds is 6. The van der Waals surface area contributed by atoms with Crippen LogP contribution < -0.4 is 10.5 Å². The predicted molar refractivity (Wildman–Crippen MR) is 102 cm³/mol. The molecular formula is C19H20ClNO5S. The number of carbonyl (C=O) groups is 1. The van der Waals surface area contributed by atoms with Crippen LogP contribution in [0.5, 0.6) is 5.75 Å². The number of nitrogens with two attached hydrogens (primary N) is 1. The molecule has 2 aromatic carbocycles. The number of halogens is 1. The van der Waals surface area contributed by atoms with E-state index in [1.165, 1.54) is 24.3 Å². The van der Waals surface area contributed by atoms with Crippen molar-refractivity contribution in [3.05, 3.63) is 58.6 Å². The third-order valence-electron chi connectivity index (χ3n) is 4.76. The van der Waals surface area contributed by atoms with Crippen LogP contribution in [0.4, 0.5) is 0 Å². The molecule has 0 aliphatic heterocycles. The fourth-order valence-electron chi connectivity index (χ4n) is 3.47. The van der Waals surface area contributed by atoms with Gasteiger partial charge in [0.05, 0.1) is 4.90 Å².